The molecule has 1 aromatic heterocycles. The van der Waals surface area contributed by atoms with Crippen molar-refractivity contribution in [3.63, 3.8) is 0 Å². The molecule has 0 radical (unpaired) electrons. The van der Waals surface area contributed by atoms with Crippen LogP contribution in [0.5, 0.6) is 11.5 Å². The molecule has 20 heavy (non-hydrogen) atoms. The first-order chi connectivity index (χ1) is 9.49. The van der Waals surface area contributed by atoms with E-state index in [9.17, 15) is 15.0 Å². The Hall–Kier alpha value is -2.62. The Morgan fingerprint density at radius 3 is 2.80 bits per heavy atom. The number of phenols is 2. The molecule has 1 amide bonds. The first-order valence-electron chi connectivity index (χ1n) is 5.12. The third kappa shape index (κ3) is 2.85. The third-order valence-corrected chi connectivity index (χ3v) is 2.83. The van der Waals surface area contributed by atoms with Gasteiger partial charge in [0.25, 0.3) is 5.91 Å². The number of benzene rings is 1. The van der Waals surface area contributed by atoms with Gasteiger partial charge in [0, 0.05) is 11.6 Å². The van der Waals surface area contributed by atoms with Crippen LogP contribution in [0.25, 0.3) is 0 Å². The quantitative estimate of drug-likeness (QED) is 0.471. The van der Waals surface area contributed by atoms with Crippen molar-refractivity contribution in [3.05, 3.63) is 27.9 Å². The largest absolute Gasteiger partial charge is 0.507 e. The van der Waals surface area contributed by atoms with Gasteiger partial charge in [0.2, 0.25) is 11.5 Å². The van der Waals surface area contributed by atoms with Crippen LogP contribution < -0.4 is 11.2 Å². The van der Waals surface area contributed by atoms with Gasteiger partial charge in [-0.1, -0.05) is 0 Å². The molecule has 10 heteroatoms. The van der Waals surface area contributed by atoms with E-state index in [1.54, 1.807) is 0 Å². The van der Waals surface area contributed by atoms with Crippen LogP contribution in [0.4, 0.5) is 5.82 Å². The zero-order chi connectivity index (χ0) is 14.7. The summed E-state index contributed by atoms with van der Waals surface area (Å²) in [5.74, 6) is -1.19. The Morgan fingerprint density at radius 1 is 1.40 bits per heavy atom. The Kier molecular flexibility index (Phi) is 3.84. The number of nitrogens with zero attached hydrogens (tertiary/aromatic N) is 3. The van der Waals surface area contributed by atoms with Gasteiger partial charge in [-0.15, -0.1) is 0 Å². The smallest absolute Gasteiger partial charge is 0.297 e. The van der Waals surface area contributed by atoms with Crippen molar-refractivity contribution in [3.8, 4) is 11.5 Å². The van der Waals surface area contributed by atoms with Gasteiger partial charge >= 0.3 is 0 Å². The topological polar surface area (TPSA) is 147 Å². The minimum absolute atomic E-state index is 0.120. The summed E-state index contributed by atoms with van der Waals surface area (Å²) in [6.45, 7) is 0. The average molecular weight is 342 g/mol. The number of nitrogen functional groups attached to an aromatic ring is 1. The van der Waals surface area contributed by atoms with Crippen LogP contribution in [-0.4, -0.2) is 32.6 Å². The Bertz CT molecular complexity index is 684. The van der Waals surface area contributed by atoms with E-state index in [2.05, 4.69) is 41.4 Å². The summed E-state index contributed by atoms with van der Waals surface area (Å²) in [5.41, 5.74) is 7.55. The lowest BCUT2D eigenvalue weighted by Gasteiger charge is -2.02. The van der Waals surface area contributed by atoms with E-state index >= 15 is 0 Å². The predicted molar refractivity (Wildman–Crippen MR) is 71.2 cm³/mol. The van der Waals surface area contributed by atoms with Crippen molar-refractivity contribution in [2.45, 2.75) is 0 Å². The fourth-order valence-corrected chi connectivity index (χ4v) is 1.60. The molecule has 2 rings (SSSR count). The fourth-order valence-electron chi connectivity index (χ4n) is 1.24. The highest BCUT2D eigenvalue weighted by Gasteiger charge is 2.15. The molecule has 0 spiro atoms. The molecule has 104 valence electrons. The van der Waals surface area contributed by atoms with Crippen molar-refractivity contribution in [2.24, 2.45) is 5.10 Å². The van der Waals surface area contributed by atoms with Crippen molar-refractivity contribution in [1.29, 1.82) is 0 Å². The lowest BCUT2D eigenvalue weighted by atomic mass is 10.2. The maximum absolute atomic E-state index is 11.5. The number of carbonyl (C=O) groups excluding carboxylic acids is 1. The molecule has 0 saturated heterocycles. The zero-order valence-electron chi connectivity index (χ0n) is 9.74. The SMILES string of the molecule is Nc1nonc1C(=O)N/N=C\c1cc(Br)c(O)cc1O. The van der Waals surface area contributed by atoms with E-state index in [0.717, 1.165) is 6.07 Å². The molecule has 0 aliphatic rings. The van der Waals surface area contributed by atoms with Gasteiger partial charge in [0.1, 0.15) is 11.5 Å². The Morgan fingerprint density at radius 2 is 2.15 bits per heavy atom. The number of hydrazone groups is 1. The molecule has 1 heterocycles. The molecule has 5 N–H and O–H groups in total. The number of rotatable bonds is 3. The highest BCUT2D eigenvalue weighted by molar-refractivity contribution is 9.10. The number of carbonyl (C=O) groups is 1. The molecule has 0 fully saturated rings. The molecular weight excluding hydrogens is 334 g/mol. The summed E-state index contributed by atoms with van der Waals surface area (Å²) in [5, 5.41) is 29.1. The third-order valence-electron chi connectivity index (χ3n) is 2.19. The second-order valence-electron chi connectivity index (χ2n) is 3.56. The summed E-state index contributed by atoms with van der Waals surface area (Å²) < 4.78 is 4.64. The molecule has 0 unspecified atom stereocenters. The maximum Gasteiger partial charge on any atom is 0.297 e. The minimum Gasteiger partial charge on any atom is -0.507 e. The first kappa shape index (κ1) is 13.8. The molecule has 0 aliphatic heterocycles. The van der Waals surface area contributed by atoms with Gasteiger partial charge < -0.3 is 15.9 Å². The van der Waals surface area contributed by atoms with Crippen LogP contribution in [0, 0.1) is 0 Å². The molecule has 0 atom stereocenters. The summed E-state index contributed by atoms with van der Waals surface area (Å²) in [7, 11) is 0. The van der Waals surface area contributed by atoms with Crippen molar-refractivity contribution >= 4 is 33.9 Å². The average Bonchev–Trinajstić information content (AvgIpc) is 2.81. The van der Waals surface area contributed by atoms with Gasteiger partial charge in [-0.05, 0) is 32.3 Å². The Balaban J connectivity index is 2.09. The van der Waals surface area contributed by atoms with Gasteiger partial charge in [-0.25, -0.2) is 10.1 Å². The van der Waals surface area contributed by atoms with Gasteiger partial charge in [-0.3, -0.25) is 4.79 Å². The van der Waals surface area contributed by atoms with Crippen molar-refractivity contribution in [2.75, 3.05) is 5.73 Å². The zero-order valence-corrected chi connectivity index (χ0v) is 11.3. The fraction of sp³-hybridized carbons (Fsp3) is 0. The molecule has 0 aliphatic carbocycles. The van der Waals surface area contributed by atoms with E-state index in [4.69, 9.17) is 5.73 Å². The summed E-state index contributed by atoms with van der Waals surface area (Å²) in [4.78, 5) is 11.5. The number of phenolic OH excluding ortho intramolecular Hbond substituents is 2. The molecule has 9 nitrogen and oxygen atoms in total. The maximum atomic E-state index is 11.5. The number of aromatic nitrogens is 2. The van der Waals surface area contributed by atoms with Crippen LogP contribution in [0.3, 0.4) is 0 Å². The molecule has 2 aromatic rings. The van der Waals surface area contributed by atoms with Crippen molar-refractivity contribution in [1.82, 2.24) is 15.7 Å². The van der Waals surface area contributed by atoms with Crippen molar-refractivity contribution < 1.29 is 19.6 Å². The first-order valence-corrected chi connectivity index (χ1v) is 5.91. The summed E-state index contributed by atoms with van der Waals surface area (Å²) >= 11 is 3.08. The lowest BCUT2D eigenvalue weighted by Crippen LogP contribution is -2.19. The van der Waals surface area contributed by atoms with Gasteiger partial charge in [-0.2, -0.15) is 5.10 Å². The standard InChI is InChI=1S/C10H8BrN5O4/c11-5-1-4(6(17)2-7(5)18)3-13-14-10(19)8-9(12)16-20-15-8/h1-3,17-18H,(H2,12,16)(H,14,19)/b13-3-. The summed E-state index contributed by atoms with van der Waals surface area (Å²) in [6.07, 6.45) is 1.18. The number of anilines is 1. The molecular formula is C10H8BrN5O4. The Labute approximate surface area is 120 Å². The van der Waals surface area contributed by atoms with E-state index in [0.29, 0.717) is 4.47 Å². The van der Waals surface area contributed by atoms with Gasteiger partial charge in [0.05, 0.1) is 10.7 Å². The van der Waals surface area contributed by atoms with E-state index in [-0.39, 0.29) is 28.6 Å². The van der Waals surface area contributed by atoms with E-state index in [1.165, 1.54) is 12.3 Å². The van der Waals surface area contributed by atoms with E-state index < -0.39 is 5.91 Å². The number of nitrogens with two attached hydrogens (primary N) is 1. The molecule has 0 saturated carbocycles. The molecule has 1 aromatic carbocycles. The van der Waals surface area contributed by atoms with Crippen LogP contribution in [-0.2, 0) is 0 Å². The highest BCUT2D eigenvalue weighted by atomic mass is 79.9. The number of halogens is 1. The summed E-state index contributed by atoms with van der Waals surface area (Å²) in [6, 6.07) is 2.55. The second-order valence-corrected chi connectivity index (χ2v) is 4.41. The normalized spacial score (nSPS) is 10.8. The minimum atomic E-state index is -0.711. The van der Waals surface area contributed by atoms with Gasteiger partial charge in [0.15, 0.2) is 0 Å². The van der Waals surface area contributed by atoms with Crippen LogP contribution in [0.1, 0.15) is 16.1 Å². The van der Waals surface area contributed by atoms with Crippen LogP contribution in [0.15, 0.2) is 26.3 Å². The predicted octanol–water partition coefficient (Wildman–Crippen LogP) is 0.589. The number of hydrogen-bond acceptors (Lipinski definition) is 8. The van der Waals surface area contributed by atoms with Crippen LogP contribution >= 0.6 is 15.9 Å². The number of hydrogen-bond donors (Lipinski definition) is 4. The van der Waals surface area contributed by atoms with E-state index in [1.807, 2.05) is 0 Å². The van der Waals surface area contributed by atoms with Crippen LogP contribution in [0.2, 0.25) is 0 Å². The number of amides is 1. The monoisotopic (exact) mass is 341 g/mol. The lowest BCUT2D eigenvalue weighted by molar-refractivity contribution is 0.0946. The highest BCUT2D eigenvalue weighted by Crippen LogP contribution is 2.30. The number of nitrogens with one attached hydrogen (secondary N) is 1. The second kappa shape index (κ2) is 5.57. The number of aromatic hydroxyl groups is 2. The molecule has 0 bridgehead atoms.